The van der Waals surface area contributed by atoms with Crippen molar-refractivity contribution in [2.45, 2.75) is 38.1 Å². The number of H-pyrrole nitrogens is 1. The Bertz CT molecular complexity index is 590. The number of rotatable bonds is 1. The molecule has 2 aromatic rings. The van der Waals surface area contributed by atoms with Crippen LogP contribution in [0.4, 0.5) is 5.82 Å². The number of nitrogens with two attached hydrogens (primary N) is 1. The van der Waals surface area contributed by atoms with Crippen LogP contribution in [0.25, 0.3) is 11.2 Å². The van der Waals surface area contributed by atoms with Gasteiger partial charge in [0, 0.05) is 6.04 Å². The fraction of sp³-hybridized carbons (Fsp3) is 0.545. The smallest absolute Gasteiger partial charge is 0.225 e. The van der Waals surface area contributed by atoms with Gasteiger partial charge in [-0.1, -0.05) is 19.3 Å². The van der Waals surface area contributed by atoms with Gasteiger partial charge in [0.15, 0.2) is 11.5 Å². The first kappa shape index (κ1) is 10.3. The van der Waals surface area contributed by atoms with Gasteiger partial charge in [-0.25, -0.2) is 4.98 Å². The van der Waals surface area contributed by atoms with Gasteiger partial charge in [-0.3, -0.25) is 9.98 Å². The summed E-state index contributed by atoms with van der Waals surface area (Å²) in [6.07, 6.45) is 7.53. The molecule has 2 aromatic heterocycles. The van der Waals surface area contributed by atoms with Crippen molar-refractivity contribution in [3.05, 3.63) is 11.9 Å². The number of anilines is 1. The average molecular weight is 232 g/mol. The molecule has 6 heteroatoms. The first-order chi connectivity index (χ1) is 8.27. The fourth-order valence-corrected chi connectivity index (χ4v) is 2.67. The topological polar surface area (TPSA) is 96.4 Å². The fourth-order valence-electron chi connectivity index (χ4n) is 2.67. The summed E-state index contributed by atoms with van der Waals surface area (Å²) in [5.41, 5.74) is 7.50. The van der Waals surface area contributed by atoms with Crippen LogP contribution >= 0.6 is 0 Å². The van der Waals surface area contributed by atoms with E-state index in [0.717, 1.165) is 24.0 Å². The first-order valence-electron chi connectivity index (χ1n) is 6.03. The van der Waals surface area contributed by atoms with E-state index in [0.29, 0.717) is 11.9 Å². The van der Waals surface area contributed by atoms with E-state index < -0.39 is 0 Å². The molecule has 4 N–H and O–H groups in total. The van der Waals surface area contributed by atoms with E-state index in [-0.39, 0.29) is 5.62 Å². The summed E-state index contributed by atoms with van der Waals surface area (Å²) in [6, 6.07) is 0.343. The minimum atomic E-state index is 0.217. The Hall–Kier alpha value is -1.85. The zero-order valence-electron chi connectivity index (χ0n) is 9.61. The van der Waals surface area contributed by atoms with E-state index >= 15 is 0 Å². The maximum Gasteiger partial charge on any atom is 0.225 e. The molecule has 0 spiro atoms. The van der Waals surface area contributed by atoms with Crippen LogP contribution in [0.5, 0.6) is 0 Å². The molecule has 2 heterocycles. The SMILES string of the molecule is N=c1nc(N)c2[nH]cnc2n1C1CCCCC1. The molecule has 1 aliphatic carbocycles. The number of imidazole rings is 1. The van der Waals surface area contributed by atoms with Gasteiger partial charge in [0.1, 0.15) is 5.52 Å². The molecule has 0 unspecified atom stereocenters. The Morgan fingerprint density at radius 3 is 2.88 bits per heavy atom. The molecular formula is C11H16N6. The molecule has 3 rings (SSSR count). The van der Waals surface area contributed by atoms with Gasteiger partial charge in [0.2, 0.25) is 5.62 Å². The minimum Gasteiger partial charge on any atom is -0.382 e. The van der Waals surface area contributed by atoms with Crippen molar-refractivity contribution in [2.24, 2.45) is 0 Å². The van der Waals surface area contributed by atoms with Crippen LogP contribution in [0.3, 0.4) is 0 Å². The summed E-state index contributed by atoms with van der Waals surface area (Å²) < 4.78 is 1.92. The summed E-state index contributed by atoms with van der Waals surface area (Å²) in [6.45, 7) is 0. The minimum absolute atomic E-state index is 0.217. The molecule has 0 bridgehead atoms. The molecule has 0 atom stereocenters. The maximum atomic E-state index is 7.99. The largest absolute Gasteiger partial charge is 0.382 e. The van der Waals surface area contributed by atoms with Gasteiger partial charge >= 0.3 is 0 Å². The number of hydrogen-bond acceptors (Lipinski definition) is 4. The van der Waals surface area contributed by atoms with Crippen LogP contribution in [0, 0.1) is 5.41 Å². The van der Waals surface area contributed by atoms with Crippen molar-refractivity contribution in [1.82, 2.24) is 19.5 Å². The Labute approximate surface area is 98.4 Å². The average Bonchev–Trinajstić information content (AvgIpc) is 2.79. The van der Waals surface area contributed by atoms with Crippen molar-refractivity contribution >= 4 is 17.0 Å². The molecule has 0 amide bonds. The second-order valence-electron chi connectivity index (χ2n) is 4.58. The number of fused-ring (bicyclic) bond motifs is 1. The zero-order valence-corrected chi connectivity index (χ0v) is 9.61. The second-order valence-corrected chi connectivity index (χ2v) is 4.58. The van der Waals surface area contributed by atoms with Crippen molar-refractivity contribution in [1.29, 1.82) is 5.41 Å². The highest BCUT2D eigenvalue weighted by atomic mass is 15.2. The van der Waals surface area contributed by atoms with Gasteiger partial charge in [-0.15, -0.1) is 0 Å². The highest BCUT2D eigenvalue weighted by Crippen LogP contribution is 2.29. The van der Waals surface area contributed by atoms with E-state index in [1.165, 1.54) is 19.3 Å². The molecule has 1 fully saturated rings. The van der Waals surface area contributed by atoms with Crippen LogP contribution < -0.4 is 11.4 Å². The molecule has 0 aliphatic heterocycles. The molecule has 0 saturated heterocycles. The van der Waals surface area contributed by atoms with E-state index in [4.69, 9.17) is 11.1 Å². The van der Waals surface area contributed by atoms with Crippen molar-refractivity contribution < 1.29 is 0 Å². The summed E-state index contributed by atoms with van der Waals surface area (Å²) in [4.78, 5) is 11.4. The van der Waals surface area contributed by atoms with Crippen LogP contribution in [0.1, 0.15) is 38.1 Å². The van der Waals surface area contributed by atoms with Crippen molar-refractivity contribution in [2.75, 3.05) is 5.73 Å². The number of nitrogens with one attached hydrogen (secondary N) is 2. The van der Waals surface area contributed by atoms with E-state index in [9.17, 15) is 0 Å². The van der Waals surface area contributed by atoms with Crippen molar-refractivity contribution in [3.63, 3.8) is 0 Å². The van der Waals surface area contributed by atoms with Crippen LogP contribution in [-0.4, -0.2) is 19.5 Å². The Kier molecular flexibility index (Phi) is 2.35. The molecule has 6 nitrogen and oxygen atoms in total. The summed E-state index contributed by atoms with van der Waals surface area (Å²) in [7, 11) is 0. The second kappa shape index (κ2) is 3.87. The highest BCUT2D eigenvalue weighted by molar-refractivity contribution is 5.81. The maximum absolute atomic E-state index is 7.99. The van der Waals surface area contributed by atoms with Crippen LogP contribution in [0.2, 0.25) is 0 Å². The number of hydrogen-bond donors (Lipinski definition) is 3. The van der Waals surface area contributed by atoms with Crippen LogP contribution in [0.15, 0.2) is 6.33 Å². The van der Waals surface area contributed by atoms with Crippen molar-refractivity contribution in [3.8, 4) is 0 Å². The predicted molar refractivity (Wildman–Crippen MR) is 64.3 cm³/mol. The van der Waals surface area contributed by atoms with Crippen LogP contribution in [-0.2, 0) is 0 Å². The third-order valence-electron chi connectivity index (χ3n) is 3.50. The lowest BCUT2D eigenvalue weighted by Gasteiger charge is -2.24. The van der Waals surface area contributed by atoms with Gasteiger partial charge in [-0.2, -0.15) is 4.98 Å². The Morgan fingerprint density at radius 2 is 2.12 bits per heavy atom. The standard InChI is InChI=1S/C11H16N6/c12-9-8-10(15-6-14-8)17(11(13)16-9)7-4-2-1-3-5-7/h6-7H,1-5H2,(H,14,15)(H3,12,13,16). The molecule has 90 valence electrons. The van der Waals surface area contributed by atoms with E-state index in [2.05, 4.69) is 15.0 Å². The summed E-state index contributed by atoms with van der Waals surface area (Å²) in [5, 5.41) is 7.99. The molecular weight excluding hydrogens is 216 g/mol. The molecule has 17 heavy (non-hydrogen) atoms. The molecule has 0 radical (unpaired) electrons. The summed E-state index contributed by atoms with van der Waals surface area (Å²) >= 11 is 0. The van der Waals surface area contributed by atoms with Gasteiger partial charge in [0.05, 0.1) is 6.33 Å². The first-order valence-corrected chi connectivity index (χ1v) is 6.03. The third kappa shape index (κ3) is 1.60. The van der Waals surface area contributed by atoms with Gasteiger partial charge < -0.3 is 10.7 Å². The molecule has 1 aliphatic rings. The number of nitrogens with zero attached hydrogens (tertiary/aromatic N) is 3. The molecule has 0 aromatic carbocycles. The Morgan fingerprint density at radius 1 is 1.35 bits per heavy atom. The predicted octanol–water partition coefficient (Wildman–Crippen LogP) is 1.33. The van der Waals surface area contributed by atoms with E-state index in [1.54, 1.807) is 6.33 Å². The highest BCUT2D eigenvalue weighted by Gasteiger charge is 2.19. The van der Waals surface area contributed by atoms with Gasteiger partial charge in [0.25, 0.3) is 0 Å². The monoisotopic (exact) mass is 232 g/mol. The summed E-state index contributed by atoms with van der Waals surface area (Å²) in [5.74, 6) is 0.356. The zero-order chi connectivity index (χ0) is 11.8. The normalized spacial score (nSPS) is 17.6. The number of nitrogen functional groups attached to an aromatic ring is 1. The number of aromatic amines is 1. The van der Waals surface area contributed by atoms with E-state index in [1.807, 2.05) is 4.57 Å². The Balaban J connectivity index is 2.20. The van der Waals surface area contributed by atoms with Gasteiger partial charge in [-0.05, 0) is 12.8 Å². The lowest BCUT2D eigenvalue weighted by Crippen LogP contribution is -2.29. The quantitative estimate of drug-likeness (QED) is 0.691. The third-order valence-corrected chi connectivity index (χ3v) is 3.50. The molecule has 1 saturated carbocycles. The lowest BCUT2D eigenvalue weighted by molar-refractivity contribution is 0.346. The number of aromatic nitrogens is 4. The lowest BCUT2D eigenvalue weighted by atomic mass is 9.95.